The molecule has 1 aromatic carbocycles. The smallest absolute Gasteiger partial charge is 0.321 e. The number of thiazole rings is 1. The van der Waals surface area contributed by atoms with Gasteiger partial charge in [0.05, 0.1) is 24.5 Å². The molecular weight excluding hydrogens is 416 g/mol. The molecule has 160 valence electrons. The number of aryl methyl sites for hydroxylation is 2. The van der Waals surface area contributed by atoms with E-state index in [-0.39, 0.29) is 11.9 Å². The number of rotatable bonds is 6. The second-order valence-electron chi connectivity index (χ2n) is 7.19. The summed E-state index contributed by atoms with van der Waals surface area (Å²) in [6.45, 7) is 4.11. The molecule has 0 radical (unpaired) electrons. The number of hydrogen-bond acceptors (Lipinski definition) is 6. The zero-order valence-electron chi connectivity index (χ0n) is 17.4. The van der Waals surface area contributed by atoms with E-state index in [1.54, 1.807) is 25.8 Å². The Bertz CT molecular complexity index is 1190. The minimum Gasteiger partial charge on any atom is -0.361 e. The van der Waals surface area contributed by atoms with E-state index in [1.807, 2.05) is 35.7 Å². The lowest BCUT2D eigenvalue weighted by Crippen LogP contribution is -2.28. The fraction of sp³-hybridized carbons (Fsp3) is 0.238. The van der Waals surface area contributed by atoms with Crippen molar-refractivity contribution in [3.8, 4) is 0 Å². The number of aromatic nitrogens is 3. The highest BCUT2D eigenvalue weighted by atomic mass is 32.1. The summed E-state index contributed by atoms with van der Waals surface area (Å²) in [6.07, 6.45) is 0. The van der Waals surface area contributed by atoms with Crippen LogP contribution >= 0.6 is 11.3 Å². The molecule has 3 aromatic heterocycles. The molecule has 0 aliphatic heterocycles. The molecule has 3 heterocycles. The summed E-state index contributed by atoms with van der Waals surface area (Å²) in [4.78, 5) is 34.1. The number of fused-ring (bicyclic) bond motifs is 1. The zero-order valence-corrected chi connectivity index (χ0v) is 18.2. The molecule has 31 heavy (non-hydrogen) atoms. The number of hydrogen-bond donors (Lipinski definition) is 3. The molecule has 0 fully saturated rings. The summed E-state index contributed by atoms with van der Waals surface area (Å²) in [5.41, 5.74) is 3.64. The van der Waals surface area contributed by atoms with E-state index in [9.17, 15) is 9.59 Å². The SMILES string of the molecule is Cc1noc(C)c1C(=O)N(C)Cc1csc(NC(=O)NCc2cc3ccccc3[nH]2)n1. The summed E-state index contributed by atoms with van der Waals surface area (Å²) < 4.78 is 5.07. The van der Waals surface area contributed by atoms with Crippen LogP contribution in [0.3, 0.4) is 0 Å². The molecular formula is C21H22N6O3S. The number of nitrogens with zero attached hydrogens (tertiary/aromatic N) is 3. The predicted octanol–water partition coefficient (Wildman–Crippen LogP) is 3.82. The number of H-pyrrole nitrogens is 1. The lowest BCUT2D eigenvalue weighted by atomic mass is 10.2. The largest absolute Gasteiger partial charge is 0.361 e. The molecule has 0 unspecified atom stereocenters. The van der Waals surface area contributed by atoms with E-state index in [4.69, 9.17) is 4.52 Å². The summed E-state index contributed by atoms with van der Waals surface area (Å²) in [6, 6.07) is 9.59. The van der Waals surface area contributed by atoms with Crippen LogP contribution in [0.4, 0.5) is 9.93 Å². The Labute approximate surface area is 182 Å². The fourth-order valence-corrected chi connectivity index (χ4v) is 3.97. The maximum absolute atomic E-state index is 12.6. The van der Waals surface area contributed by atoms with Crippen LogP contribution in [0.2, 0.25) is 0 Å². The molecule has 0 aliphatic carbocycles. The minimum atomic E-state index is -0.347. The normalized spacial score (nSPS) is 10.9. The third-order valence-corrected chi connectivity index (χ3v) is 5.60. The second kappa shape index (κ2) is 8.60. The number of benzene rings is 1. The first-order chi connectivity index (χ1) is 14.9. The van der Waals surface area contributed by atoms with E-state index in [0.717, 1.165) is 16.6 Å². The molecule has 3 amide bonds. The van der Waals surface area contributed by atoms with Gasteiger partial charge in [-0.2, -0.15) is 0 Å². The van der Waals surface area contributed by atoms with Crippen molar-refractivity contribution in [1.29, 1.82) is 0 Å². The van der Waals surface area contributed by atoms with E-state index in [2.05, 4.69) is 25.8 Å². The first-order valence-corrected chi connectivity index (χ1v) is 10.5. The van der Waals surface area contributed by atoms with Crippen LogP contribution in [-0.4, -0.2) is 39.0 Å². The third-order valence-electron chi connectivity index (χ3n) is 4.79. The van der Waals surface area contributed by atoms with Crippen molar-refractivity contribution >= 4 is 39.3 Å². The van der Waals surface area contributed by atoms with Crippen LogP contribution in [-0.2, 0) is 13.1 Å². The summed E-state index contributed by atoms with van der Waals surface area (Å²) in [5.74, 6) is 0.302. The summed E-state index contributed by atoms with van der Waals surface area (Å²) in [7, 11) is 1.69. The van der Waals surface area contributed by atoms with Gasteiger partial charge in [-0.05, 0) is 31.4 Å². The number of amides is 3. The van der Waals surface area contributed by atoms with Crippen molar-refractivity contribution in [2.24, 2.45) is 0 Å². The lowest BCUT2D eigenvalue weighted by molar-refractivity contribution is 0.0781. The predicted molar refractivity (Wildman–Crippen MR) is 118 cm³/mol. The van der Waals surface area contributed by atoms with Gasteiger partial charge in [0.25, 0.3) is 5.91 Å². The fourth-order valence-electron chi connectivity index (χ4n) is 3.28. The van der Waals surface area contributed by atoms with Crippen molar-refractivity contribution in [3.05, 3.63) is 64.1 Å². The summed E-state index contributed by atoms with van der Waals surface area (Å²) in [5, 5.41) is 12.7. The molecule has 0 atom stereocenters. The van der Waals surface area contributed by atoms with Crippen molar-refractivity contribution in [1.82, 2.24) is 25.3 Å². The minimum absolute atomic E-state index is 0.185. The van der Waals surface area contributed by atoms with Gasteiger partial charge < -0.3 is 19.7 Å². The van der Waals surface area contributed by atoms with Gasteiger partial charge >= 0.3 is 6.03 Å². The maximum atomic E-state index is 12.6. The highest BCUT2D eigenvalue weighted by molar-refractivity contribution is 7.13. The lowest BCUT2D eigenvalue weighted by Gasteiger charge is -2.15. The second-order valence-corrected chi connectivity index (χ2v) is 8.05. The van der Waals surface area contributed by atoms with E-state index in [0.29, 0.717) is 40.9 Å². The number of carbonyl (C=O) groups excluding carboxylic acids is 2. The van der Waals surface area contributed by atoms with Crippen molar-refractivity contribution in [3.63, 3.8) is 0 Å². The van der Waals surface area contributed by atoms with Crippen LogP contribution in [0.25, 0.3) is 10.9 Å². The maximum Gasteiger partial charge on any atom is 0.321 e. The van der Waals surface area contributed by atoms with Gasteiger partial charge in [-0.1, -0.05) is 23.4 Å². The Morgan fingerprint density at radius 3 is 2.81 bits per heavy atom. The molecule has 0 spiro atoms. The number of carbonyl (C=O) groups is 2. The Kier molecular flexibility index (Phi) is 5.72. The van der Waals surface area contributed by atoms with E-state index < -0.39 is 0 Å². The topological polar surface area (TPSA) is 116 Å². The van der Waals surface area contributed by atoms with Gasteiger partial charge in [-0.15, -0.1) is 11.3 Å². The molecule has 9 nitrogen and oxygen atoms in total. The van der Waals surface area contributed by atoms with Crippen LogP contribution < -0.4 is 10.6 Å². The summed E-state index contributed by atoms with van der Waals surface area (Å²) >= 11 is 1.30. The highest BCUT2D eigenvalue weighted by Gasteiger charge is 2.21. The van der Waals surface area contributed by atoms with E-state index in [1.165, 1.54) is 11.3 Å². The third kappa shape index (κ3) is 4.58. The van der Waals surface area contributed by atoms with Crippen molar-refractivity contribution < 1.29 is 14.1 Å². The Hall–Kier alpha value is -3.66. The standard InChI is InChI=1S/C21H22N6O3S/c1-12-18(13(2)30-26-12)19(28)27(3)10-16-11-31-21(24-16)25-20(29)22-9-15-8-14-6-4-5-7-17(14)23-15/h4-8,11,23H,9-10H2,1-3H3,(H2,22,24,25,29). The number of para-hydroxylation sites is 1. The molecule has 0 bridgehead atoms. The van der Waals surface area contributed by atoms with Gasteiger partial charge in [0.15, 0.2) is 5.13 Å². The number of urea groups is 1. The van der Waals surface area contributed by atoms with Gasteiger partial charge in [0, 0.05) is 23.6 Å². The van der Waals surface area contributed by atoms with Crippen LogP contribution in [0, 0.1) is 13.8 Å². The number of nitrogens with one attached hydrogen (secondary N) is 3. The molecule has 0 aliphatic rings. The van der Waals surface area contributed by atoms with Gasteiger partial charge in [-0.25, -0.2) is 9.78 Å². The van der Waals surface area contributed by atoms with Crippen LogP contribution in [0.15, 0.2) is 40.2 Å². The number of aromatic amines is 1. The molecule has 0 saturated heterocycles. The first-order valence-electron chi connectivity index (χ1n) is 9.65. The highest BCUT2D eigenvalue weighted by Crippen LogP contribution is 2.19. The first kappa shape index (κ1) is 20.6. The molecule has 4 aromatic rings. The van der Waals surface area contributed by atoms with Gasteiger partial charge in [0.2, 0.25) is 0 Å². The zero-order chi connectivity index (χ0) is 22.0. The molecule has 10 heteroatoms. The Balaban J connectivity index is 1.31. The molecule has 0 saturated carbocycles. The molecule has 4 rings (SSSR count). The number of anilines is 1. The quantitative estimate of drug-likeness (QED) is 0.423. The van der Waals surface area contributed by atoms with Crippen molar-refractivity contribution in [2.45, 2.75) is 26.9 Å². The monoisotopic (exact) mass is 438 g/mol. The average Bonchev–Trinajstić information content (AvgIpc) is 3.44. The Morgan fingerprint density at radius 2 is 2.06 bits per heavy atom. The van der Waals surface area contributed by atoms with E-state index >= 15 is 0 Å². The van der Waals surface area contributed by atoms with Crippen molar-refractivity contribution in [2.75, 3.05) is 12.4 Å². The van der Waals surface area contributed by atoms with Crippen LogP contribution in [0.5, 0.6) is 0 Å². The molecule has 3 N–H and O–H groups in total. The average molecular weight is 439 g/mol. The van der Waals surface area contributed by atoms with Crippen LogP contribution in [0.1, 0.15) is 33.2 Å². The van der Waals surface area contributed by atoms with Gasteiger partial charge in [0.1, 0.15) is 11.3 Å². The Morgan fingerprint density at radius 1 is 1.26 bits per heavy atom. The van der Waals surface area contributed by atoms with Gasteiger partial charge in [-0.3, -0.25) is 10.1 Å².